The summed E-state index contributed by atoms with van der Waals surface area (Å²) in [5.41, 5.74) is 3.16. The van der Waals surface area contributed by atoms with Crippen molar-refractivity contribution in [1.82, 2.24) is 9.88 Å². The molecule has 2 N–H and O–H groups in total. The first kappa shape index (κ1) is 17.6. The van der Waals surface area contributed by atoms with Crippen molar-refractivity contribution in [2.24, 2.45) is 0 Å². The summed E-state index contributed by atoms with van der Waals surface area (Å²) in [6, 6.07) is 14.8. The Hall–Kier alpha value is -2.79. The molecule has 1 aromatic heterocycles. The van der Waals surface area contributed by atoms with Gasteiger partial charge in [0.1, 0.15) is 17.0 Å². The van der Waals surface area contributed by atoms with Crippen molar-refractivity contribution >= 4 is 10.9 Å². The first-order valence-corrected chi connectivity index (χ1v) is 9.44. The van der Waals surface area contributed by atoms with E-state index in [1.807, 2.05) is 36.4 Å². The normalized spacial score (nSPS) is 14.2. The Morgan fingerprint density at radius 1 is 1.00 bits per heavy atom. The predicted molar refractivity (Wildman–Crippen MR) is 105 cm³/mol. The van der Waals surface area contributed by atoms with Gasteiger partial charge in [0.25, 0.3) is 0 Å². The van der Waals surface area contributed by atoms with Crippen molar-refractivity contribution in [3.63, 3.8) is 0 Å². The number of benzene rings is 2. The number of nitrogens with zero attached hydrogens (tertiary/aromatic N) is 2. The molecular weight excluding hydrogens is 340 g/mol. The van der Waals surface area contributed by atoms with E-state index in [2.05, 4.69) is 9.88 Å². The van der Waals surface area contributed by atoms with Gasteiger partial charge in [0.05, 0.1) is 6.61 Å². The van der Waals surface area contributed by atoms with Gasteiger partial charge in [-0.1, -0.05) is 18.2 Å². The second kappa shape index (κ2) is 7.84. The fourth-order valence-electron chi connectivity index (χ4n) is 3.60. The fraction of sp³-hybridized carbons (Fsp3) is 0.318. The number of phenolic OH excluding ortho intramolecular Hbond substituents is 2. The Morgan fingerprint density at radius 2 is 1.93 bits per heavy atom. The Labute approximate surface area is 158 Å². The maximum absolute atomic E-state index is 9.90. The second-order valence-electron chi connectivity index (χ2n) is 7.03. The number of phenols is 2. The summed E-state index contributed by atoms with van der Waals surface area (Å²) in [4.78, 5) is 6.84. The largest absolute Gasteiger partial charge is 0.508 e. The van der Waals surface area contributed by atoms with Crippen LogP contribution < -0.4 is 4.74 Å². The molecule has 1 aliphatic rings. The van der Waals surface area contributed by atoms with Crippen molar-refractivity contribution in [3.05, 3.63) is 59.7 Å². The number of rotatable bonds is 6. The van der Waals surface area contributed by atoms with E-state index in [0.717, 1.165) is 44.3 Å². The minimum Gasteiger partial charge on any atom is -0.508 e. The van der Waals surface area contributed by atoms with Crippen LogP contribution >= 0.6 is 0 Å². The number of unbranched alkanes of at least 4 members (excludes halogenated alkanes) is 1. The highest BCUT2D eigenvalue weighted by Gasteiger charge is 2.16. The van der Waals surface area contributed by atoms with E-state index in [0.29, 0.717) is 23.8 Å². The van der Waals surface area contributed by atoms with E-state index in [1.54, 1.807) is 12.1 Å². The Morgan fingerprint density at radius 3 is 2.85 bits per heavy atom. The van der Waals surface area contributed by atoms with Crippen molar-refractivity contribution in [2.75, 3.05) is 19.7 Å². The van der Waals surface area contributed by atoms with E-state index in [1.165, 1.54) is 11.1 Å². The minimum absolute atomic E-state index is 0.177. The van der Waals surface area contributed by atoms with Gasteiger partial charge in [0, 0.05) is 24.5 Å². The van der Waals surface area contributed by atoms with Crippen molar-refractivity contribution in [1.29, 1.82) is 0 Å². The van der Waals surface area contributed by atoms with E-state index in [9.17, 15) is 10.2 Å². The summed E-state index contributed by atoms with van der Waals surface area (Å²) < 4.78 is 5.76. The Balaban J connectivity index is 1.23. The van der Waals surface area contributed by atoms with Gasteiger partial charge in [-0.2, -0.15) is 0 Å². The standard InChI is InChI=1S/C22H24N2O3/c25-19-8-6-18-15-24(12-10-17(18)14-19)11-1-2-13-27-21-9-7-16-4-3-5-20(26)22(16)23-21/h3-9,14,25-26H,1-2,10-13,15H2. The highest BCUT2D eigenvalue weighted by atomic mass is 16.5. The number of aromatic hydroxyl groups is 2. The van der Waals surface area contributed by atoms with Gasteiger partial charge in [-0.15, -0.1) is 0 Å². The molecule has 0 aliphatic carbocycles. The Kier molecular flexibility index (Phi) is 5.12. The first-order chi connectivity index (χ1) is 13.2. The van der Waals surface area contributed by atoms with Crippen molar-refractivity contribution in [2.45, 2.75) is 25.8 Å². The lowest BCUT2D eigenvalue weighted by Gasteiger charge is -2.28. The molecule has 5 heteroatoms. The van der Waals surface area contributed by atoms with Crippen LogP contribution in [0.15, 0.2) is 48.5 Å². The summed E-state index contributed by atoms with van der Waals surface area (Å²) in [6.45, 7) is 3.63. The monoisotopic (exact) mass is 364 g/mol. The SMILES string of the molecule is Oc1ccc2c(c1)CCN(CCCCOc1ccc3cccc(O)c3n1)C2. The summed E-state index contributed by atoms with van der Waals surface area (Å²) in [7, 11) is 0. The number of hydrogen-bond donors (Lipinski definition) is 2. The maximum atomic E-state index is 9.90. The molecule has 0 fully saturated rings. The smallest absolute Gasteiger partial charge is 0.213 e. The van der Waals surface area contributed by atoms with Gasteiger partial charge in [0.2, 0.25) is 5.88 Å². The first-order valence-electron chi connectivity index (χ1n) is 9.44. The summed E-state index contributed by atoms with van der Waals surface area (Å²) >= 11 is 0. The summed E-state index contributed by atoms with van der Waals surface area (Å²) in [6.07, 6.45) is 3.01. The summed E-state index contributed by atoms with van der Waals surface area (Å²) in [5.74, 6) is 1.09. The molecule has 2 heterocycles. The Bertz CT molecular complexity index is 942. The van der Waals surface area contributed by atoms with Crippen LogP contribution in [0, 0.1) is 0 Å². The van der Waals surface area contributed by atoms with Crippen LogP contribution in [0.2, 0.25) is 0 Å². The number of pyridine rings is 1. The molecule has 0 spiro atoms. The van der Waals surface area contributed by atoms with Gasteiger partial charge in [0.15, 0.2) is 0 Å². The molecule has 1 aliphatic heterocycles. The number of hydrogen-bond acceptors (Lipinski definition) is 5. The molecule has 0 amide bonds. The quantitative estimate of drug-likeness (QED) is 0.650. The number of para-hydroxylation sites is 1. The van der Waals surface area contributed by atoms with E-state index in [4.69, 9.17) is 4.74 Å². The van der Waals surface area contributed by atoms with Crippen LogP contribution in [0.1, 0.15) is 24.0 Å². The molecule has 27 heavy (non-hydrogen) atoms. The molecular formula is C22H24N2O3. The predicted octanol–water partition coefficient (Wildman–Crippen LogP) is 3.86. The topological polar surface area (TPSA) is 65.8 Å². The molecule has 0 unspecified atom stereocenters. The fourth-order valence-corrected chi connectivity index (χ4v) is 3.60. The van der Waals surface area contributed by atoms with Crippen molar-refractivity contribution < 1.29 is 14.9 Å². The van der Waals surface area contributed by atoms with Crippen molar-refractivity contribution in [3.8, 4) is 17.4 Å². The molecule has 5 nitrogen and oxygen atoms in total. The molecule has 4 rings (SSSR count). The molecule has 2 aromatic carbocycles. The molecule has 3 aromatic rings. The van der Waals surface area contributed by atoms with Crippen LogP contribution in [0.5, 0.6) is 17.4 Å². The molecule has 0 saturated carbocycles. The van der Waals surface area contributed by atoms with E-state index < -0.39 is 0 Å². The van der Waals surface area contributed by atoms with Gasteiger partial charge >= 0.3 is 0 Å². The minimum atomic E-state index is 0.177. The van der Waals surface area contributed by atoms with Gasteiger partial charge < -0.3 is 14.9 Å². The van der Waals surface area contributed by atoms with E-state index in [-0.39, 0.29) is 5.75 Å². The highest BCUT2D eigenvalue weighted by Crippen LogP contribution is 2.25. The zero-order valence-corrected chi connectivity index (χ0v) is 15.3. The van der Waals surface area contributed by atoms with Crippen LogP contribution in [0.3, 0.4) is 0 Å². The highest BCUT2D eigenvalue weighted by molar-refractivity contribution is 5.84. The molecule has 0 bridgehead atoms. The number of aromatic nitrogens is 1. The molecule has 0 saturated heterocycles. The average Bonchev–Trinajstić information content (AvgIpc) is 2.68. The third-order valence-electron chi connectivity index (χ3n) is 5.07. The van der Waals surface area contributed by atoms with Gasteiger partial charge in [-0.05, 0) is 61.2 Å². The molecule has 140 valence electrons. The number of fused-ring (bicyclic) bond motifs is 2. The third kappa shape index (κ3) is 4.14. The second-order valence-corrected chi connectivity index (χ2v) is 7.03. The van der Waals surface area contributed by atoms with Crippen LogP contribution in [-0.2, 0) is 13.0 Å². The zero-order valence-electron chi connectivity index (χ0n) is 15.3. The lowest BCUT2D eigenvalue weighted by atomic mass is 9.99. The van der Waals surface area contributed by atoms with Gasteiger partial charge in [-0.3, -0.25) is 4.90 Å². The average molecular weight is 364 g/mol. The summed E-state index contributed by atoms with van der Waals surface area (Å²) in [5, 5.41) is 20.4. The molecule has 0 radical (unpaired) electrons. The molecule has 0 atom stereocenters. The number of ether oxygens (including phenoxy) is 1. The lowest BCUT2D eigenvalue weighted by Crippen LogP contribution is -2.31. The van der Waals surface area contributed by atoms with Crippen LogP contribution in [0.25, 0.3) is 10.9 Å². The van der Waals surface area contributed by atoms with Gasteiger partial charge in [-0.25, -0.2) is 4.98 Å². The van der Waals surface area contributed by atoms with Crippen LogP contribution in [-0.4, -0.2) is 39.8 Å². The lowest BCUT2D eigenvalue weighted by molar-refractivity contribution is 0.233. The maximum Gasteiger partial charge on any atom is 0.213 e. The van der Waals surface area contributed by atoms with E-state index >= 15 is 0 Å². The zero-order chi connectivity index (χ0) is 18.6. The van der Waals surface area contributed by atoms with Crippen LogP contribution in [0.4, 0.5) is 0 Å². The third-order valence-corrected chi connectivity index (χ3v) is 5.07.